The van der Waals surface area contributed by atoms with Gasteiger partial charge in [-0.3, -0.25) is 4.79 Å². The highest BCUT2D eigenvalue weighted by Crippen LogP contribution is 2.22. The molecular weight excluding hydrogens is 329 g/mol. The summed E-state index contributed by atoms with van der Waals surface area (Å²) < 4.78 is 15.1. The maximum absolute atomic E-state index is 13.3. The van der Waals surface area contributed by atoms with Gasteiger partial charge in [-0.05, 0) is 41.3 Å². The summed E-state index contributed by atoms with van der Waals surface area (Å²) in [5, 5.41) is 3.02. The minimum absolute atomic E-state index is 0.197. The van der Waals surface area contributed by atoms with Gasteiger partial charge in [0.05, 0.1) is 0 Å². The molecule has 0 saturated carbocycles. The molecule has 3 aromatic rings. The van der Waals surface area contributed by atoms with E-state index in [0.717, 1.165) is 5.56 Å². The average Bonchev–Trinajstić information content (AvgIpc) is 3.06. The summed E-state index contributed by atoms with van der Waals surface area (Å²) in [5.41, 5.74) is 2.53. The van der Waals surface area contributed by atoms with Gasteiger partial charge in [0.25, 0.3) is 5.91 Å². The quantitative estimate of drug-likeness (QED) is 0.749. The predicted molar refractivity (Wildman–Crippen MR) is 99.4 cm³/mol. The van der Waals surface area contributed by atoms with Gasteiger partial charge in [0.15, 0.2) is 0 Å². The fraction of sp³-hybridized carbons (Fsp3) is 0.238. The molecule has 0 aliphatic carbocycles. The van der Waals surface area contributed by atoms with E-state index in [1.807, 2.05) is 42.1 Å². The fourth-order valence-corrected chi connectivity index (χ4v) is 2.84. The second-order valence-corrected chi connectivity index (χ2v) is 6.63. The zero-order valence-electron chi connectivity index (χ0n) is 15.1. The Kier molecular flexibility index (Phi) is 5.16. The number of nitrogens with zero attached hydrogens (tertiary/aromatic N) is 2. The summed E-state index contributed by atoms with van der Waals surface area (Å²) in [6, 6.07) is 13.2. The first kappa shape index (κ1) is 17.9. The van der Waals surface area contributed by atoms with Crippen molar-refractivity contribution in [1.29, 1.82) is 0 Å². The molecule has 0 spiro atoms. The highest BCUT2D eigenvalue weighted by molar-refractivity contribution is 5.94. The normalized spacial score (nSPS) is 12.2. The molecule has 0 aliphatic rings. The molecule has 1 atom stereocenters. The number of carbonyl (C=O) groups is 1. The minimum atomic E-state index is -0.465. The van der Waals surface area contributed by atoms with Gasteiger partial charge in [-0.25, -0.2) is 9.37 Å². The molecule has 0 saturated heterocycles. The SMILES string of the molecule is CC(C)c1ccc(C(=O)NC(c2ccc(F)cc2)c2nccn2C)cc1. The summed E-state index contributed by atoms with van der Waals surface area (Å²) in [6.45, 7) is 4.22. The highest BCUT2D eigenvalue weighted by Gasteiger charge is 2.21. The van der Waals surface area contributed by atoms with Crippen LogP contribution >= 0.6 is 0 Å². The predicted octanol–water partition coefficient (Wildman–Crippen LogP) is 4.20. The maximum Gasteiger partial charge on any atom is 0.252 e. The molecular formula is C21H22FN3O. The van der Waals surface area contributed by atoms with Crippen LogP contribution in [-0.2, 0) is 7.05 Å². The van der Waals surface area contributed by atoms with E-state index < -0.39 is 6.04 Å². The van der Waals surface area contributed by atoms with Gasteiger partial charge >= 0.3 is 0 Å². The van der Waals surface area contributed by atoms with E-state index >= 15 is 0 Å². The van der Waals surface area contributed by atoms with Crippen molar-refractivity contribution in [2.24, 2.45) is 7.05 Å². The summed E-state index contributed by atoms with van der Waals surface area (Å²) in [4.78, 5) is 17.1. The monoisotopic (exact) mass is 351 g/mol. The largest absolute Gasteiger partial charge is 0.338 e. The lowest BCUT2D eigenvalue weighted by atomic mass is 10.0. The molecule has 1 N–H and O–H groups in total. The third-order valence-electron chi connectivity index (χ3n) is 4.43. The lowest BCUT2D eigenvalue weighted by Crippen LogP contribution is -2.31. The Balaban J connectivity index is 1.89. The third-order valence-corrected chi connectivity index (χ3v) is 4.43. The van der Waals surface area contributed by atoms with Crippen LogP contribution < -0.4 is 5.32 Å². The Hall–Kier alpha value is -2.95. The second kappa shape index (κ2) is 7.52. The van der Waals surface area contributed by atoms with Crippen molar-refractivity contribution in [3.05, 3.63) is 89.3 Å². The van der Waals surface area contributed by atoms with Crippen LogP contribution in [0, 0.1) is 5.82 Å². The average molecular weight is 351 g/mol. The zero-order valence-corrected chi connectivity index (χ0v) is 15.1. The van der Waals surface area contributed by atoms with E-state index in [9.17, 15) is 9.18 Å². The van der Waals surface area contributed by atoms with E-state index in [0.29, 0.717) is 17.3 Å². The van der Waals surface area contributed by atoms with Crippen LogP contribution in [0.2, 0.25) is 0 Å². The number of nitrogens with one attached hydrogen (secondary N) is 1. The Morgan fingerprint density at radius 2 is 1.65 bits per heavy atom. The van der Waals surface area contributed by atoms with Gasteiger partial charge in [0.2, 0.25) is 0 Å². The van der Waals surface area contributed by atoms with Crippen molar-refractivity contribution in [2.45, 2.75) is 25.8 Å². The van der Waals surface area contributed by atoms with Gasteiger partial charge in [-0.1, -0.05) is 38.1 Å². The molecule has 134 valence electrons. The Morgan fingerprint density at radius 3 is 2.19 bits per heavy atom. The zero-order chi connectivity index (χ0) is 18.7. The Bertz CT molecular complexity index is 882. The number of hydrogen-bond donors (Lipinski definition) is 1. The molecule has 0 fully saturated rings. The smallest absolute Gasteiger partial charge is 0.252 e. The number of halogens is 1. The Labute approximate surface area is 152 Å². The molecule has 0 radical (unpaired) electrons. The molecule has 0 aliphatic heterocycles. The van der Waals surface area contributed by atoms with E-state index in [4.69, 9.17) is 0 Å². The van der Waals surface area contributed by atoms with Crippen molar-refractivity contribution in [2.75, 3.05) is 0 Å². The maximum atomic E-state index is 13.3. The number of benzene rings is 2. The number of aromatic nitrogens is 2. The fourth-order valence-electron chi connectivity index (χ4n) is 2.84. The Morgan fingerprint density at radius 1 is 1.04 bits per heavy atom. The van der Waals surface area contributed by atoms with Crippen molar-refractivity contribution in [3.8, 4) is 0 Å². The van der Waals surface area contributed by atoms with Gasteiger partial charge in [0.1, 0.15) is 17.7 Å². The van der Waals surface area contributed by atoms with Crippen LogP contribution in [0.1, 0.15) is 53.1 Å². The van der Waals surface area contributed by atoms with Crippen molar-refractivity contribution in [1.82, 2.24) is 14.9 Å². The highest BCUT2D eigenvalue weighted by atomic mass is 19.1. The van der Waals surface area contributed by atoms with E-state index in [1.165, 1.54) is 17.7 Å². The molecule has 1 amide bonds. The number of aryl methyl sites for hydroxylation is 1. The van der Waals surface area contributed by atoms with Gasteiger partial charge in [0, 0.05) is 25.0 Å². The van der Waals surface area contributed by atoms with E-state index in [-0.39, 0.29) is 11.7 Å². The lowest BCUT2D eigenvalue weighted by Gasteiger charge is -2.19. The summed E-state index contributed by atoms with van der Waals surface area (Å²) >= 11 is 0. The molecule has 5 heteroatoms. The number of amides is 1. The van der Waals surface area contributed by atoms with Crippen LogP contribution in [0.15, 0.2) is 60.9 Å². The number of carbonyl (C=O) groups excluding carboxylic acids is 1. The standard InChI is InChI=1S/C21H22FN3O/c1-14(2)15-4-6-17(7-5-15)21(26)24-19(20-23-12-13-25(20)3)16-8-10-18(22)11-9-16/h4-14,19H,1-3H3,(H,24,26). The van der Waals surface area contributed by atoms with Crippen LogP contribution in [0.5, 0.6) is 0 Å². The molecule has 4 nitrogen and oxygen atoms in total. The number of imidazole rings is 1. The van der Waals surface area contributed by atoms with E-state index in [2.05, 4.69) is 24.1 Å². The van der Waals surface area contributed by atoms with Crippen molar-refractivity contribution < 1.29 is 9.18 Å². The molecule has 1 unspecified atom stereocenters. The summed E-state index contributed by atoms with van der Waals surface area (Å²) in [7, 11) is 1.86. The molecule has 2 aromatic carbocycles. The van der Waals surface area contributed by atoms with Crippen LogP contribution in [0.25, 0.3) is 0 Å². The minimum Gasteiger partial charge on any atom is -0.338 e. The van der Waals surface area contributed by atoms with Crippen molar-refractivity contribution in [3.63, 3.8) is 0 Å². The molecule has 0 bridgehead atoms. The van der Waals surface area contributed by atoms with Crippen molar-refractivity contribution >= 4 is 5.91 Å². The third kappa shape index (κ3) is 3.82. The van der Waals surface area contributed by atoms with Crippen LogP contribution in [-0.4, -0.2) is 15.5 Å². The van der Waals surface area contributed by atoms with Crippen LogP contribution in [0.3, 0.4) is 0 Å². The van der Waals surface area contributed by atoms with Gasteiger partial charge in [-0.15, -0.1) is 0 Å². The summed E-state index contributed by atoms with van der Waals surface area (Å²) in [6.07, 6.45) is 3.49. The summed E-state index contributed by atoms with van der Waals surface area (Å²) in [5.74, 6) is 0.580. The molecule has 26 heavy (non-hydrogen) atoms. The number of rotatable bonds is 5. The first-order chi connectivity index (χ1) is 12.5. The first-order valence-electron chi connectivity index (χ1n) is 8.59. The molecule has 1 aromatic heterocycles. The molecule has 1 heterocycles. The first-order valence-corrected chi connectivity index (χ1v) is 8.59. The van der Waals surface area contributed by atoms with Gasteiger partial charge < -0.3 is 9.88 Å². The molecule has 3 rings (SSSR count). The second-order valence-electron chi connectivity index (χ2n) is 6.63. The lowest BCUT2D eigenvalue weighted by molar-refractivity contribution is 0.0941. The van der Waals surface area contributed by atoms with Crippen LogP contribution in [0.4, 0.5) is 4.39 Å². The van der Waals surface area contributed by atoms with Gasteiger partial charge in [-0.2, -0.15) is 0 Å². The number of hydrogen-bond acceptors (Lipinski definition) is 2. The topological polar surface area (TPSA) is 46.9 Å². The van der Waals surface area contributed by atoms with E-state index in [1.54, 1.807) is 18.3 Å².